The van der Waals surface area contributed by atoms with Crippen LogP contribution in [-0.4, -0.2) is 25.7 Å². The van der Waals surface area contributed by atoms with E-state index >= 15 is 0 Å². The highest BCUT2D eigenvalue weighted by atomic mass is 19.4. The summed E-state index contributed by atoms with van der Waals surface area (Å²) in [6, 6.07) is 6.49. The number of rotatable bonds is 5. The van der Waals surface area contributed by atoms with Gasteiger partial charge in [-0.2, -0.15) is 13.2 Å². The second kappa shape index (κ2) is 8.29. The summed E-state index contributed by atoms with van der Waals surface area (Å²) in [4.78, 5) is 20.5. The number of aryl methyl sites for hydroxylation is 1. The molecule has 1 aliphatic rings. The van der Waals surface area contributed by atoms with Crippen LogP contribution in [-0.2, 0) is 24.1 Å². The van der Waals surface area contributed by atoms with E-state index in [-0.39, 0.29) is 28.9 Å². The quantitative estimate of drug-likeness (QED) is 0.488. The molecule has 1 unspecified atom stereocenters. The highest BCUT2D eigenvalue weighted by Crippen LogP contribution is 2.33. The highest BCUT2D eigenvalue weighted by Gasteiger charge is 2.31. The van der Waals surface area contributed by atoms with E-state index in [9.17, 15) is 22.4 Å². The second-order valence-corrected chi connectivity index (χ2v) is 7.05. The number of aromatic nitrogens is 4. The molecule has 1 N–H and O–H groups in total. The van der Waals surface area contributed by atoms with Gasteiger partial charge in [-0.15, -0.1) is 5.10 Å². The van der Waals surface area contributed by atoms with Crippen LogP contribution in [0.2, 0.25) is 0 Å². The number of fused-ring (bicyclic) bond motifs is 1. The Morgan fingerprint density at radius 2 is 2.10 bits per heavy atom. The number of amides is 1. The predicted molar refractivity (Wildman–Crippen MR) is 104 cm³/mol. The molecule has 10 heteroatoms. The molecule has 0 fully saturated rings. The van der Waals surface area contributed by atoms with Gasteiger partial charge in [0, 0.05) is 29.7 Å². The average Bonchev–Trinajstić information content (AvgIpc) is 3.39. The lowest BCUT2D eigenvalue weighted by Crippen LogP contribution is -2.25. The van der Waals surface area contributed by atoms with Crippen molar-refractivity contribution in [1.82, 2.24) is 25.1 Å². The Balaban J connectivity index is 1.47. The van der Waals surface area contributed by atoms with Gasteiger partial charge in [-0.05, 0) is 48.2 Å². The summed E-state index contributed by atoms with van der Waals surface area (Å²) < 4.78 is 53.3. The Bertz CT molecular complexity index is 1140. The summed E-state index contributed by atoms with van der Waals surface area (Å²) in [5.41, 5.74) is 0.888. The zero-order valence-corrected chi connectivity index (χ0v) is 16.1. The highest BCUT2D eigenvalue weighted by molar-refractivity contribution is 5.90. The average molecular weight is 431 g/mol. The zero-order valence-electron chi connectivity index (χ0n) is 16.1. The Labute approximate surface area is 174 Å². The lowest BCUT2D eigenvalue weighted by molar-refractivity contribution is -0.137. The summed E-state index contributed by atoms with van der Waals surface area (Å²) in [6.07, 6.45) is 2.49. The van der Waals surface area contributed by atoms with Crippen LogP contribution in [0.3, 0.4) is 0 Å². The van der Waals surface area contributed by atoms with E-state index in [1.54, 1.807) is 6.20 Å². The van der Waals surface area contributed by atoms with E-state index in [2.05, 4.69) is 20.4 Å². The molecule has 0 saturated carbocycles. The van der Waals surface area contributed by atoms with Crippen molar-refractivity contribution < 1.29 is 22.4 Å². The normalized spacial score (nSPS) is 15.9. The minimum Gasteiger partial charge on any atom is -0.346 e. The van der Waals surface area contributed by atoms with Crippen LogP contribution in [0.15, 0.2) is 48.9 Å². The molecule has 160 valence electrons. The van der Waals surface area contributed by atoms with Crippen molar-refractivity contribution in [2.45, 2.75) is 31.7 Å². The fourth-order valence-corrected chi connectivity index (χ4v) is 3.47. The number of nitrogens with zero attached hydrogens (tertiary/aromatic N) is 4. The molecule has 1 aliphatic carbocycles. The monoisotopic (exact) mass is 431 g/mol. The molecule has 0 radical (unpaired) electrons. The topological polar surface area (TPSA) is 72.7 Å². The molecule has 31 heavy (non-hydrogen) atoms. The molecular formula is C21H17F4N5O. The van der Waals surface area contributed by atoms with Crippen LogP contribution >= 0.6 is 0 Å². The van der Waals surface area contributed by atoms with Gasteiger partial charge < -0.3 is 5.32 Å². The zero-order chi connectivity index (χ0) is 22.0. The van der Waals surface area contributed by atoms with E-state index in [0.29, 0.717) is 0 Å². The summed E-state index contributed by atoms with van der Waals surface area (Å²) in [5.74, 6) is -0.362. The van der Waals surface area contributed by atoms with Gasteiger partial charge >= 0.3 is 6.18 Å². The van der Waals surface area contributed by atoms with Crippen molar-refractivity contribution in [1.29, 1.82) is 0 Å². The van der Waals surface area contributed by atoms with Crippen molar-refractivity contribution in [3.05, 3.63) is 71.3 Å². The van der Waals surface area contributed by atoms with Crippen LogP contribution in [0, 0.1) is 0 Å². The van der Waals surface area contributed by atoms with Crippen LogP contribution in [0.4, 0.5) is 17.6 Å². The molecule has 1 amide bonds. The number of hydrogen-bond donors (Lipinski definition) is 1. The summed E-state index contributed by atoms with van der Waals surface area (Å²) >= 11 is 0. The number of alkyl halides is 4. The summed E-state index contributed by atoms with van der Waals surface area (Å²) in [5, 5.41) is 6.95. The van der Waals surface area contributed by atoms with Crippen molar-refractivity contribution in [2.75, 3.05) is 0 Å². The van der Waals surface area contributed by atoms with Crippen molar-refractivity contribution >= 4 is 12.1 Å². The summed E-state index contributed by atoms with van der Waals surface area (Å²) in [7, 11) is 0. The van der Waals surface area contributed by atoms with Crippen molar-refractivity contribution in [2.24, 2.45) is 0 Å². The molecule has 3 aromatic rings. The molecule has 0 bridgehead atoms. The summed E-state index contributed by atoms with van der Waals surface area (Å²) in [6.45, 7) is -1.04. The minimum absolute atomic E-state index is 0.0124. The fraction of sp³-hybridized carbons (Fsp3) is 0.238. The van der Waals surface area contributed by atoms with E-state index in [0.717, 1.165) is 36.2 Å². The molecule has 0 aliphatic heterocycles. The number of benzene rings is 1. The molecule has 2 heterocycles. The largest absolute Gasteiger partial charge is 0.416 e. The van der Waals surface area contributed by atoms with Gasteiger partial charge in [0.25, 0.3) is 0 Å². The first kappa shape index (κ1) is 20.7. The third-order valence-corrected chi connectivity index (χ3v) is 4.91. The van der Waals surface area contributed by atoms with Gasteiger partial charge in [-0.25, -0.2) is 14.1 Å². The maximum atomic E-state index is 13.0. The van der Waals surface area contributed by atoms with Crippen LogP contribution in [0.1, 0.15) is 34.8 Å². The first-order valence-corrected chi connectivity index (χ1v) is 9.44. The Morgan fingerprint density at radius 3 is 2.87 bits per heavy atom. The van der Waals surface area contributed by atoms with Gasteiger partial charge in [0.1, 0.15) is 13.0 Å². The molecular weight excluding hydrogens is 414 g/mol. The first-order chi connectivity index (χ1) is 14.8. The van der Waals surface area contributed by atoms with Gasteiger partial charge in [-0.1, -0.05) is 6.07 Å². The lowest BCUT2D eigenvalue weighted by atomic mass is 10.1. The van der Waals surface area contributed by atoms with E-state index in [1.165, 1.54) is 29.4 Å². The Kier molecular flexibility index (Phi) is 5.53. The first-order valence-electron chi connectivity index (χ1n) is 9.44. The molecule has 0 saturated heterocycles. The number of hydrogen-bond acceptors (Lipinski definition) is 4. The van der Waals surface area contributed by atoms with Crippen LogP contribution < -0.4 is 5.32 Å². The molecule has 1 aromatic carbocycles. The number of pyridine rings is 1. The van der Waals surface area contributed by atoms with Crippen molar-refractivity contribution in [3.8, 4) is 11.4 Å². The number of carbonyl (C=O) groups excluding carboxylic acids is 1. The van der Waals surface area contributed by atoms with Gasteiger partial charge in [0.15, 0.2) is 5.82 Å². The maximum absolute atomic E-state index is 13.0. The van der Waals surface area contributed by atoms with Crippen LogP contribution in [0.25, 0.3) is 17.6 Å². The van der Waals surface area contributed by atoms with Crippen molar-refractivity contribution in [3.63, 3.8) is 0 Å². The van der Waals surface area contributed by atoms with E-state index in [1.807, 2.05) is 12.1 Å². The number of nitrogens with one attached hydrogen (secondary N) is 1. The smallest absolute Gasteiger partial charge is 0.346 e. The molecule has 4 rings (SSSR count). The van der Waals surface area contributed by atoms with Gasteiger partial charge in [0.2, 0.25) is 5.91 Å². The molecule has 6 nitrogen and oxygen atoms in total. The van der Waals surface area contributed by atoms with E-state index < -0.39 is 18.4 Å². The van der Waals surface area contributed by atoms with Gasteiger partial charge in [0.05, 0.1) is 11.6 Å². The number of halogens is 4. The minimum atomic E-state index is -4.62. The Morgan fingerprint density at radius 1 is 1.26 bits per heavy atom. The van der Waals surface area contributed by atoms with E-state index in [4.69, 9.17) is 0 Å². The SMILES string of the molecule is O=C(/C=C\n1cnc(-c2cc(CF)cc(C(F)(F)F)c2)n1)NC1CCc2ncccc21. The van der Waals surface area contributed by atoms with Crippen LogP contribution in [0.5, 0.6) is 0 Å². The molecule has 2 aromatic heterocycles. The van der Waals surface area contributed by atoms with Gasteiger partial charge in [-0.3, -0.25) is 9.78 Å². The molecule has 1 atom stereocenters. The second-order valence-electron chi connectivity index (χ2n) is 7.05. The Hall–Kier alpha value is -3.56. The standard InChI is InChI=1S/C21H17F4N5O/c22-11-13-8-14(10-15(9-13)21(23,24)25)20-27-12-30(29-20)7-5-19(31)28-18-4-3-17-16(18)2-1-6-26-17/h1-2,5-10,12,18H,3-4,11H2,(H,28,31)/b7-5-. The fourth-order valence-electron chi connectivity index (χ4n) is 3.47. The third-order valence-electron chi connectivity index (χ3n) is 4.91. The predicted octanol–water partition coefficient (Wildman–Crippen LogP) is 4.10. The number of carbonyl (C=O) groups is 1. The maximum Gasteiger partial charge on any atom is 0.416 e. The third kappa shape index (κ3) is 4.62. The molecule has 0 spiro atoms. The lowest BCUT2D eigenvalue weighted by Gasteiger charge is -2.11.